The van der Waals surface area contributed by atoms with Gasteiger partial charge in [0.25, 0.3) is 0 Å². The number of likely N-dealkylation sites (tertiary alicyclic amines) is 1. The van der Waals surface area contributed by atoms with E-state index < -0.39 is 5.60 Å². The Bertz CT molecular complexity index is 1430. The van der Waals surface area contributed by atoms with Gasteiger partial charge in [0.15, 0.2) is 0 Å². The first-order valence-corrected chi connectivity index (χ1v) is 12.7. The molecule has 2 saturated heterocycles. The van der Waals surface area contributed by atoms with Crippen LogP contribution in [0, 0.1) is 0 Å². The molecule has 9 nitrogen and oxygen atoms in total. The Morgan fingerprint density at radius 3 is 2.65 bits per heavy atom. The number of carbonyl (C=O) groups is 1. The van der Waals surface area contributed by atoms with Crippen molar-refractivity contribution >= 4 is 23.5 Å². The van der Waals surface area contributed by atoms with E-state index in [0.29, 0.717) is 19.6 Å². The van der Waals surface area contributed by atoms with Gasteiger partial charge in [0.2, 0.25) is 5.95 Å². The number of benzene rings is 1. The molecule has 2 aliphatic heterocycles. The second-order valence-corrected chi connectivity index (χ2v) is 10.7. The summed E-state index contributed by atoms with van der Waals surface area (Å²) in [7, 11) is 0. The minimum atomic E-state index is -0.503. The lowest BCUT2D eigenvalue weighted by molar-refractivity contribution is 0.0214. The number of nitrogens with one attached hydrogen (secondary N) is 1. The van der Waals surface area contributed by atoms with Crippen molar-refractivity contribution in [3.8, 4) is 11.3 Å². The number of carbonyl (C=O) groups excluding carboxylic acids is 1. The van der Waals surface area contributed by atoms with Crippen LogP contribution in [-0.4, -0.2) is 61.1 Å². The Morgan fingerprint density at radius 1 is 1.05 bits per heavy atom. The standard InChI is InChI=1S/C28H31N7O2/c1-28(2,3)37-27(36)35-18-21-14-22(35)17-34(21)26-32-23(15-25-30-11-12-33(25)26)20-9-10-29-24(13-20)31-16-19-7-5-4-6-8-19/h4-13,15,21-22H,14,16-18H2,1-3H3,(H,29,31). The van der Waals surface area contributed by atoms with Crippen molar-refractivity contribution in [1.29, 1.82) is 0 Å². The van der Waals surface area contributed by atoms with Gasteiger partial charge >= 0.3 is 6.09 Å². The topological polar surface area (TPSA) is 87.9 Å². The molecular weight excluding hydrogens is 466 g/mol. The summed E-state index contributed by atoms with van der Waals surface area (Å²) in [5, 5.41) is 3.41. The van der Waals surface area contributed by atoms with Crippen LogP contribution in [0.25, 0.3) is 16.9 Å². The molecule has 1 aromatic carbocycles. The average Bonchev–Trinajstić information content (AvgIpc) is 3.62. The van der Waals surface area contributed by atoms with Crippen LogP contribution in [0.1, 0.15) is 32.8 Å². The van der Waals surface area contributed by atoms with Gasteiger partial charge in [-0.25, -0.2) is 19.7 Å². The molecule has 2 bridgehead atoms. The zero-order valence-electron chi connectivity index (χ0n) is 21.3. The zero-order chi connectivity index (χ0) is 25.6. The van der Waals surface area contributed by atoms with E-state index in [1.54, 1.807) is 12.4 Å². The minimum Gasteiger partial charge on any atom is -0.444 e. The van der Waals surface area contributed by atoms with Gasteiger partial charge in [-0.15, -0.1) is 0 Å². The average molecular weight is 498 g/mol. The number of hydrogen-bond donors (Lipinski definition) is 1. The summed E-state index contributed by atoms with van der Waals surface area (Å²) in [4.78, 5) is 31.0. The first kappa shape index (κ1) is 23.3. The van der Waals surface area contributed by atoms with E-state index >= 15 is 0 Å². The van der Waals surface area contributed by atoms with E-state index in [-0.39, 0.29) is 18.2 Å². The quantitative estimate of drug-likeness (QED) is 0.431. The van der Waals surface area contributed by atoms with Crippen LogP contribution >= 0.6 is 0 Å². The molecule has 0 radical (unpaired) electrons. The van der Waals surface area contributed by atoms with Crippen molar-refractivity contribution in [1.82, 2.24) is 24.3 Å². The predicted octanol–water partition coefficient (Wildman–Crippen LogP) is 4.60. The van der Waals surface area contributed by atoms with Gasteiger partial charge in [-0.3, -0.25) is 4.40 Å². The van der Waals surface area contributed by atoms with Crippen LogP contribution in [0.4, 0.5) is 16.6 Å². The Labute approximate surface area is 216 Å². The fourth-order valence-corrected chi connectivity index (χ4v) is 5.19. The van der Waals surface area contributed by atoms with E-state index in [9.17, 15) is 4.79 Å². The molecule has 2 atom stereocenters. The van der Waals surface area contributed by atoms with Crippen molar-refractivity contribution in [3.05, 3.63) is 72.7 Å². The number of pyridine rings is 1. The molecule has 2 unspecified atom stereocenters. The van der Waals surface area contributed by atoms with Crippen molar-refractivity contribution in [2.24, 2.45) is 0 Å². The Morgan fingerprint density at radius 2 is 1.89 bits per heavy atom. The van der Waals surface area contributed by atoms with Crippen LogP contribution in [0.3, 0.4) is 0 Å². The monoisotopic (exact) mass is 497 g/mol. The lowest BCUT2D eigenvalue weighted by Gasteiger charge is -2.35. The normalized spacial score (nSPS) is 19.0. The van der Waals surface area contributed by atoms with Crippen LogP contribution in [0.15, 0.2) is 67.1 Å². The maximum atomic E-state index is 12.7. The Kier molecular flexibility index (Phi) is 5.70. The SMILES string of the molecule is CC(C)(C)OC(=O)N1CC2CC1CN2c1nc(-c2ccnc(NCc3ccccc3)c2)cc2nccn12. The minimum absolute atomic E-state index is 0.110. The van der Waals surface area contributed by atoms with E-state index in [0.717, 1.165) is 35.1 Å². The molecular formula is C28H31N7O2. The number of rotatable bonds is 5. The summed E-state index contributed by atoms with van der Waals surface area (Å²) >= 11 is 0. The fraction of sp³-hybridized carbons (Fsp3) is 0.357. The number of ether oxygens (including phenoxy) is 1. The summed E-state index contributed by atoms with van der Waals surface area (Å²) in [6, 6.07) is 16.5. The second kappa shape index (κ2) is 9.06. The van der Waals surface area contributed by atoms with Gasteiger partial charge in [0.05, 0.1) is 17.8 Å². The Hall–Kier alpha value is -4.14. The number of anilines is 2. The van der Waals surface area contributed by atoms with Gasteiger partial charge in [-0.1, -0.05) is 30.3 Å². The van der Waals surface area contributed by atoms with Crippen LogP contribution < -0.4 is 10.2 Å². The molecule has 4 aromatic rings. The molecule has 5 heterocycles. The molecule has 2 aliphatic rings. The van der Waals surface area contributed by atoms with Crippen LogP contribution in [0.2, 0.25) is 0 Å². The highest BCUT2D eigenvalue weighted by molar-refractivity contribution is 5.71. The smallest absolute Gasteiger partial charge is 0.410 e. The molecule has 9 heteroatoms. The molecule has 190 valence electrons. The van der Waals surface area contributed by atoms with Gasteiger partial charge in [0, 0.05) is 49.9 Å². The number of aromatic nitrogens is 4. The van der Waals surface area contributed by atoms with E-state index in [2.05, 4.69) is 32.3 Å². The highest BCUT2D eigenvalue weighted by Gasteiger charge is 2.47. The van der Waals surface area contributed by atoms with Crippen LogP contribution in [0.5, 0.6) is 0 Å². The van der Waals surface area contributed by atoms with Crippen molar-refractivity contribution in [3.63, 3.8) is 0 Å². The summed E-state index contributed by atoms with van der Waals surface area (Å²) in [5.74, 6) is 1.64. The highest BCUT2D eigenvalue weighted by Crippen LogP contribution is 2.36. The van der Waals surface area contributed by atoms with Crippen molar-refractivity contribution < 1.29 is 9.53 Å². The molecule has 0 aliphatic carbocycles. The molecule has 1 amide bonds. The number of nitrogens with zero attached hydrogens (tertiary/aromatic N) is 6. The summed E-state index contributed by atoms with van der Waals surface area (Å²) in [6.45, 7) is 7.74. The fourth-order valence-electron chi connectivity index (χ4n) is 5.19. The first-order valence-electron chi connectivity index (χ1n) is 12.7. The summed E-state index contributed by atoms with van der Waals surface area (Å²) < 4.78 is 7.66. The third-order valence-electron chi connectivity index (χ3n) is 6.87. The van der Waals surface area contributed by atoms with Gasteiger partial charge in [-0.2, -0.15) is 0 Å². The van der Waals surface area contributed by atoms with Gasteiger partial charge < -0.3 is 19.9 Å². The maximum absolute atomic E-state index is 12.7. The number of hydrogen-bond acceptors (Lipinski definition) is 7. The molecule has 2 fully saturated rings. The lowest BCUT2D eigenvalue weighted by Crippen LogP contribution is -2.50. The number of amides is 1. The molecule has 37 heavy (non-hydrogen) atoms. The van der Waals surface area contributed by atoms with E-state index in [1.807, 2.05) is 72.7 Å². The molecule has 3 aromatic heterocycles. The zero-order valence-corrected chi connectivity index (χ0v) is 21.3. The molecule has 0 spiro atoms. The first-order chi connectivity index (χ1) is 17.8. The van der Waals surface area contributed by atoms with Crippen molar-refractivity contribution in [2.45, 2.75) is 51.4 Å². The highest BCUT2D eigenvalue weighted by atomic mass is 16.6. The predicted molar refractivity (Wildman–Crippen MR) is 142 cm³/mol. The van der Waals surface area contributed by atoms with Gasteiger partial charge in [0.1, 0.15) is 17.1 Å². The van der Waals surface area contributed by atoms with E-state index in [1.165, 1.54) is 5.56 Å². The third-order valence-corrected chi connectivity index (χ3v) is 6.87. The number of fused-ring (bicyclic) bond motifs is 3. The number of imidazole rings is 1. The van der Waals surface area contributed by atoms with Crippen LogP contribution in [-0.2, 0) is 11.3 Å². The maximum Gasteiger partial charge on any atom is 0.410 e. The summed E-state index contributed by atoms with van der Waals surface area (Å²) in [5.41, 5.74) is 3.33. The molecule has 1 N–H and O–H groups in total. The largest absolute Gasteiger partial charge is 0.444 e. The number of piperazine rings is 1. The summed E-state index contributed by atoms with van der Waals surface area (Å²) in [6.07, 6.45) is 6.21. The van der Waals surface area contributed by atoms with Gasteiger partial charge in [-0.05, 0) is 44.9 Å². The Balaban J connectivity index is 1.25. The lowest BCUT2D eigenvalue weighted by atomic mass is 10.2. The van der Waals surface area contributed by atoms with E-state index in [4.69, 9.17) is 9.72 Å². The third kappa shape index (κ3) is 4.69. The molecule has 6 rings (SSSR count). The second-order valence-electron chi connectivity index (χ2n) is 10.7. The van der Waals surface area contributed by atoms with Crippen molar-refractivity contribution in [2.75, 3.05) is 23.3 Å². The molecule has 0 saturated carbocycles.